The van der Waals surface area contributed by atoms with Crippen LogP contribution in [0.2, 0.25) is 0 Å². The van der Waals surface area contributed by atoms with Crippen LogP contribution >= 0.6 is 0 Å². The van der Waals surface area contributed by atoms with Gasteiger partial charge in [-0.3, -0.25) is 9.78 Å². The molecule has 0 aliphatic carbocycles. The van der Waals surface area contributed by atoms with Gasteiger partial charge < -0.3 is 9.09 Å². The molecule has 0 saturated heterocycles. The van der Waals surface area contributed by atoms with Crippen LogP contribution in [0.3, 0.4) is 0 Å². The second kappa shape index (κ2) is 4.49. The van der Waals surface area contributed by atoms with Crippen LogP contribution in [0.4, 0.5) is 0 Å². The Balaban J connectivity index is 2.07. The van der Waals surface area contributed by atoms with Gasteiger partial charge in [-0.2, -0.15) is 4.98 Å². The molecule has 3 rings (SSSR count). The van der Waals surface area contributed by atoms with Gasteiger partial charge in [-0.25, -0.2) is 0 Å². The topological polar surface area (TPSA) is 73.8 Å². The zero-order chi connectivity index (χ0) is 13.2. The van der Waals surface area contributed by atoms with E-state index in [1.807, 2.05) is 0 Å². The molecule has 0 bridgehead atoms. The van der Waals surface area contributed by atoms with Crippen molar-refractivity contribution < 1.29 is 4.52 Å². The van der Waals surface area contributed by atoms with E-state index < -0.39 is 0 Å². The van der Waals surface area contributed by atoms with Gasteiger partial charge in [0, 0.05) is 31.1 Å². The van der Waals surface area contributed by atoms with Crippen molar-refractivity contribution in [1.82, 2.24) is 19.7 Å². The second-order valence-electron chi connectivity index (χ2n) is 3.97. The van der Waals surface area contributed by atoms with Crippen LogP contribution in [0.25, 0.3) is 23.0 Å². The summed E-state index contributed by atoms with van der Waals surface area (Å²) < 4.78 is 6.66. The number of hydrogen-bond donors (Lipinski definition) is 0. The SMILES string of the molecule is Cn1c(-c2nc(-c3ccncc3)no2)cccc1=O. The van der Waals surface area contributed by atoms with Gasteiger partial charge in [0.1, 0.15) is 5.69 Å². The summed E-state index contributed by atoms with van der Waals surface area (Å²) in [5.74, 6) is 0.778. The Bertz CT molecular complexity index is 762. The zero-order valence-electron chi connectivity index (χ0n) is 10.1. The molecule has 0 unspecified atom stereocenters. The zero-order valence-corrected chi connectivity index (χ0v) is 10.1. The Kier molecular flexibility index (Phi) is 2.68. The third-order valence-corrected chi connectivity index (χ3v) is 2.77. The molecule has 0 aromatic carbocycles. The first-order chi connectivity index (χ1) is 9.25. The quantitative estimate of drug-likeness (QED) is 0.692. The summed E-state index contributed by atoms with van der Waals surface area (Å²) in [6.45, 7) is 0. The van der Waals surface area contributed by atoms with Crippen molar-refractivity contribution in [3.8, 4) is 23.0 Å². The van der Waals surface area contributed by atoms with Crippen molar-refractivity contribution in [2.24, 2.45) is 7.05 Å². The van der Waals surface area contributed by atoms with Gasteiger partial charge in [0.25, 0.3) is 11.4 Å². The Morgan fingerprint density at radius 3 is 2.74 bits per heavy atom. The highest BCUT2D eigenvalue weighted by molar-refractivity contribution is 5.57. The molecule has 94 valence electrons. The maximum Gasteiger partial charge on any atom is 0.274 e. The lowest BCUT2D eigenvalue weighted by atomic mass is 10.2. The van der Waals surface area contributed by atoms with Crippen molar-refractivity contribution in [1.29, 1.82) is 0 Å². The summed E-state index contributed by atoms with van der Waals surface area (Å²) >= 11 is 0. The van der Waals surface area contributed by atoms with E-state index in [2.05, 4.69) is 15.1 Å². The van der Waals surface area contributed by atoms with E-state index in [-0.39, 0.29) is 5.56 Å². The molecule has 0 aliphatic heterocycles. The molecule has 0 saturated carbocycles. The van der Waals surface area contributed by atoms with Crippen LogP contribution < -0.4 is 5.56 Å². The minimum Gasteiger partial charge on any atom is -0.332 e. The number of nitrogens with zero attached hydrogens (tertiary/aromatic N) is 4. The van der Waals surface area contributed by atoms with Crippen LogP contribution in [0.15, 0.2) is 52.0 Å². The van der Waals surface area contributed by atoms with Crippen LogP contribution in [0.5, 0.6) is 0 Å². The van der Waals surface area contributed by atoms with Crippen LogP contribution in [-0.4, -0.2) is 19.7 Å². The summed E-state index contributed by atoms with van der Waals surface area (Å²) in [6.07, 6.45) is 3.31. The molecule has 6 heteroatoms. The van der Waals surface area contributed by atoms with E-state index in [0.717, 1.165) is 5.56 Å². The van der Waals surface area contributed by atoms with Crippen molar-refractivity contribution in [2.75, 3.05) is 0 Å². The molecule has 0 amide bonds. The first-order valence-corrected chi connectivity index (χ1v) is 5.66. The fourth-order valence-corrected chi connectivity index (χ4v) is 1.72. The molecular formula is C13H10N4O2. The van der Waals surface area contributed by atoms with Gasteiger partial charge in [-0.05, 0) is 18.2 Å². The van der Waals surface area contributed by atoms with Gasteiger partial charge in [0.2, 0.25) is 5.82 Å². The molecule has 0 radical (unpaired) electrons. The molecule has 0 fully saturated rings. The van der Waals surface area contributed by atoms with Crippen LogP contribution in [0.1, 0.15) is 0 Å². The number of hydrogen-bond acceptors (Lipinski definition) is 5. The highest BCUT2D eigenvalue weighted by Crippen LogP contribution is 2.20. The Hall–Kier alpha value is -2.76. The van der Waals surface area contributed by atoms with Gasteiger partial charge >= 0.3 is 0 Å². The summed E-state index contributed by atoms with van der Waals surface area (Å²) in [5, 5.41) is 3.90. The van der Waals surface area contributed by atoms with Crippen molar-refractivity contribution in [3.05, 3.63) is 53.1 Å². The highest BCUT2D eigenvalue weighted by Gasteiger charge is 2.12. The lowest BCUT2D eigenvalue weighted by molar-refractivity contribution is 0.429. The van der Waals surface area contributed by atoms with Gasteiger partial charge in [-0.1, -0.05) is 11.2 Å². The van der Waals surface area contributed by atoms with Crippen molar-refractivity contribution >= 4 is 0 Å². The Morgan fingerprint density at radius 2 is 1.95 bits per heavy atom. The number of pyridine rings is 2. The first kappa shape index (κ1) is 11.3. The summed E-state index contributed by atoms with van der Waals surface area (Å²) in [7, 11) is 1.66. The lowest BCUT2D eigenvalue weighted by Gasteiger charge is -2.01. The third kappa shape index (κ3) is 2.03. The van der Waals surface area contributed by atoms with Crippen LogP contribution in [0, 0.1) is 0 Å². The van der Waals surface area contributed by atoms with Gasteiger partial charge in [0.15, 0.2) is 0 Å². The van der Waals surface area contributed by atoms with E-state index in [1.165, 1.54) is 10.6 Å². The lowest BCUT2D eigenvalue weighted by Crippen LogP contribution is -2.16. The maximum atomic E-state index is 11.6. The number of rotatable bonds is 2. The summed E-state index contributed by atoms with van der Waals surface area (Å²) in [5.41, 5.74) is 1.27. The van der Waals surface area contributed by atoms with E-state index in [4.69, 9.17) is 4.52 Å². The molecule has 3 aromatic heterocycles. The Labute approximate surface area is 108 Å². The van der Waals surface area contributed by atoms with Crippen molar-refractivity contribution in [2.45, 2.75) is 0 Å². The molecule has 0 spiro atoms. The van der Waals surface area contributed by atoms with E-state index in [9.17, 15) is 4.79 Å². The standard InChI is InChI=1S/C13H10N4O2/c1-17-10(3-2-4-11(17)18)13-15-12(16-19-13)9-5-7-14-8-6-9/h2-8H,1H3. The smallest absolute Gasteiger partial charge is 0.274 e. The summed E-state index contributed by atoms with van der Waals surface area (Å²) in [4.78, 5) is 19.8. The average Bonchev–Trinajstić information content (AvgIpc) is 2.92. The van der Waals surface area contributed by atoms with Crippen molar-refractivity contribution in [3.63, 3.8) is 0 Å². The minimum atomic E-state index is -0.124. The molecule has 3 aromatic rings. The van der Waals surface area contributed by atoms with E-state index in [1.54, 1.807) is 43.7 Å². The molecule has 3 heterocycles. The summed E-state index contributed by atoms with van der Waals surface area (Å²) in [6, 6.07) is 8.47. The second-order valence-corrected chi connectivity index (χ2v) is 3.97. The fourth-order valence-electron chi connectivity index (χ4n) is 1.72. The average molecular weight is 254 g/mol. The monoisotopic (exact) mass is 254 g/mol. The predicted octanol–water partition coefficient (Wildman–Crippen LogP) is 1.50. The molecule has 6 nitrogen and oxygen atoms in total. The van der Waals surface area contributed by atoms with Crippen LogP contribution in [-0.2, 0) is 7.05 Å². The largest absolute Gasteiger partial charge is 0.332 e. The minimum absolute atomic E-state index is 0.124. The molecule has 19 heavy (non-hydrogen) atoms. The molecule has 0 aliphatic rings. The van der Waals surface area contributed by atoms with E-state index in [0.29, 0.717) is 17.4 Å². The number of aromatic nitrogens is 4. The maximum absolute atomic E-state index is 11.6. The molecule has 0 atom stereocenters. The molecule has 0 N–H and O–H groups in total. The third-order valence-electron chi connectivity index (χ3n) is 2.77. The van der Waals surface area contributed by atoms with Gasteiger partial charge in [-0.15, -0.1) is 0 Å². The highest BCUT2D eigenvalue weighted by atomic mass is 16.5. The first-order valence-electron chi connectivity index (χ1n) is 5.66. The predicted molar refractivity (Wildman–Crippen MR) is 68.2 cm³/mol. The van der Waals surface area contributed by atoms with E-state index >= 15 is 0 Å². The Morgan fingerprint density at radius 1 is 1.16 bits per heavy atom. The molecular weight excluding hydrogens is 244 g/mol. The fraction of sp³-hybridized carbons (Fsp3) is 0.0769. The normalized spacial score (nSPS) is 10.6. The van der Waals surface area contributed by atoms with Gasteiger partial charge in [0.05, 0.1) is 0 Å².